The number of carbonyl (C=O) groups excluding carboxylic acids is 1. The highest BCUT2D eigenvalue weighted by Crippen LogP contribution is 2.15. The fourth-order valence-electron chi connectivity index (χ4n) is 1.04. The molecule has 0 amide bonds. The zero-order valence-corrected chi connectivity index (χ0v) is 8.12. The summed E-state index contributed by atoms with van der Waals surface area (Å²) in [6, 6.07) is 7.45. The molecule has 0 fully saturated rings. The lowest BCUT2D eigenvalue weighted by molar-refractivity contribution is -0.140. The molecule has 0 bridgehead atoms. The summed E-state index contributed by atoms with van der Waals surface area (Å²) in [6.07, 6.45) is 0. The van der Waals surface area contributed by atoms with Crippen molar-refractivity contribution in [1.82, 2.24) is 0 Å². The third-order valence-corrected chi connectivity index (χ3v) is 1.68. The van der Waals surface area contributed by atoms with Crippen LogP contribution in [0.25, 0.3) is 0 Å². The van der Waals surface area contributed by atoms with E-state index in [1.165, 1.54) is 6.92 Å². The molecule has 0 aromatic heterocycles. The predicted octanol–water partition coefficient (Wildman–Crippen LogP) is 1.24. The van der Waals surface area contributed by atoms with Gasteiger partial charge in [0.05, 0.1) is 11.4 Å². The summed E-state index contributed by atoms with van der Waals surface area (Å²) in [4.78, 5) is 10.4. The summed E-state index contributed by atoms with van der Waals surface area (Å²) in [7, 11) is 0. The molecule has 0 saturated carbocycles. The molecule has 0 radical (unpaired) electrons. The van der Waals surface area contributed by atoms with Gasteiger partial charge in [0.2, 0.25) is 0 Å². The second-order valence-corrected chi connectivity index (χ2v) is 2.85. The van der Waals surface area contributed by atoms with E-state index in [9.17, 15) is 4.79 Å². The van der Waals surface area contributed by atoms with E-state index in [1.807, 2.05) is 24.3 Å². The molecule has 76 valence electrons. The van der Waals surface area contributed by atoms with E-state index in [4.69, 9.17) is 10.5 Å². The number of nitrogens with one attached hydrogen (secondary N) is 1. The van der Waals surface area contributed by atoms with Crippen LogP contribution in [0.15, 0.2) is 24.3 Å². The summed E-state index contributed by atoms with van der Waals surface area (Å²) >= 11 is 0. The van der Waals surface area contributed by atoms with Crippen molar-refractivity contribution in [2.45, 2.75) is 6.92 Å². The summed E-state index contributed by atoms with van der Waals surface area (Å²) in [5.41, 5.74) is 7.24. The zero-order valence-electron chi connectivity index (χ0n) is 8.12. The van der Waals surface area contributed by atoms with Gasteiger partial charge in [-0.25, -0.2) is 0 Å². The molecule has 4 heteroatoms. The van der Waals surface area contributed by atoms with E-state index in [1.54, 1.807) is 0 Å². The normalized spacial score (nSPS) is 9.50. The number of para-hydroxylation sites is 2. The Bertz CT molecular complexity index is 313. The Morgan fingerprint density at radius 2 is 2.21 bits per heavy atom. The van der Waals surface area contributed by atoms with Gasteiger partial charge in [-0.1, -0.05) is 12.1 Å². The number of benzene rings is 1. The van der Waals surface area contributed by atoms with Crippen molar-refractivity contribution >= 4 is 17.3 Å². The molecular weight excluding hydrogens is 180 g/mol. The molecule has 3 N–H and O–H groups in total. The van der Waals surface area contributed by atoms with Gasteiger partial charge in [0.15, 0.2) is 0 Å². The maximum Gasteiger partial charge on any atom is 0.302 e. The van der Waals surface area contributed by atoms with E-state index in [2.05, 4.69) is 5.32 Å². The van der Waals surface area contributed by atoms with Gasteiger partial charge in [-0.05, 0) is 12.1 Å². The molecule has 0 aliphatic carbocycles. The van der Waals surface area contributed by atoms with E-state index in [0.717, 1.165) is 5.69 Å². The number of nitrogens with two attached hydrogens (primary N) is 1. The Kier molecular flexibility index (Phi) is 3.79. The van der Waals surface area contributed by atoms with Crippen LogP contribution in [0.3, 0.4) is 0 Å². The first-order valence-electron chi connectivity index (χ1n) is 4.42. The monoisotopic (exact) mass is 194 g/mol. The first-order valence-corrected chi connectivity index (χ1v) is 4.42. The molecular formula is C10H14N2O2. The van der Waals surface area contributed by atoms with Crippen molar-refractivity contribution in [1.29, 1.82) is 0 Å². The van der Waals surface area contributed by atoms with Gasteiger partial charge in [0.1, 0.15) is 6.61 Å². The predicted molar refractivity (Wildman–Crippen MR) is 56.0 cm³/mol. The molecule has 0 saturated heterocycles. The smallest absolute Gasteiger partial charge is 0.302 e. The number of nitrogen functional groups attached to an aromatic ring is 1. The van der Waals surface area contributed by atoms with Crippen LogP contribution in [0.1, 0.15) is 6.92 Å². The molecule has 0 aliphatic rings. The van der Waals surface area contributed by atoms with E-state index in [0.29, 0.717) is 18.8 Å². The average Bonchev–Trinajstić information content (AvgIpc) is 2.15. The molecule has 14 heavy (non-hydrogen) atoms. The van der Waals surface area contributed by atoms with Crippen molar-refractivity contribution in [3.8, 4) is 0 Å². The van der Waals surface area contributed by atoms with Gasteiger partial charge in [0.25, 0.3) is 0 Å². The maximum atomic E-state index is 10.4. The topological polar surface area (TPSA) is 64.3 Å². The third-order valence-electron chi connectivity index (χ3n) is 1.68. The van der Waals surface area contributed by atoms with Crippen molar-refractivity contribution in [2.75, 3.05) is 24.2 Å². The highest BCUT2D eigenvalue weighted by Gasteiger charge is 1.96. The first-order chi connectivity index (χ1) is 6.70. The first kappa shape index (κ1) is 10.4. The maximum absolute atomic E-state index is 10.4. The molecule has 1 aromatic carbocycles. The molecule has 0 heterocycles. The van der Waals surface area contributed by atoms with Crippen LogP contribution in [-0.2, 0) is 9.53 Å². The molecule has 0 aliphatic heterocycles. The molecule has 0 spiro atoms. The Morgan fingerprint density at radius 3 is 2.86 bits per heavy atom. The van der Waals surface area contributed by atoms with Gasteiger partial charge < -0.3 is 15.8 Å². The molecule has 1 aromatic rings. The summed E-state index contributed by atoms with van der Waals surface area (Å²) in [6.45, 7) is 2.30. The largest absolute Gasteiger partial charge is 0.464 e. The number of carbonyl (C=O) groups is 1. The standard InChI is InChI=1S/C10H14N2O2/c1-8(13)14-7-6-12-10-5-3-2-4-9(10)11/h2-5,12H,6-7,11H2,1H3. The van der Waals surface area contributed by atoms with Crippen molar-refractivity contribution < 1.29 is 9.53 Å². The number of esters is 1. The van der Waals surface area contributed by atoms with E-state index >= 15 is 0 Å². The van der Waals surface area contributed by atoms with Gasteiger partial charge in [-0.15, -0.1) is 0 Å². The summed E-state index contributed by atoms with van der Waals surface area (Å²) < 4.78 is 4.76. The van der Waals surface area contributed by atoms with Crippen LogP contribution < -0.4 is 11.1 Å². The van der Waals surface area contributed by atoms with E-state index < -0.39 is 0 Å². The Hall–Kier alpha value is -1.71. The van der Waals surface area contributed by atoms with Gasteiger partial charge >= 0.3 is 5.97 Å². The second kappa shape index (κ2) is 5.11. The van der Waals surface area contributed by atoms with Crippen LogP contribution in [-0.4, -0.2) is 19.1 Å². The molecule has 1 rings (SSSR count). The minimum Gasteiger partial charge on any atom is -0.464 e. The minimum absolute atomic E-state index is 0.271. The fourth-order valence-corrected chi connectivity index (χ4v) is 1.04. The summed E-state index contributed by atoms with van der Waals surface area (Å²) in [5.74, 6) is -0.271. The van der Waals surface area contributed by atoms with Crippen LogP contribution in [0, 0.1) is 0 Å². The van der Waals surface area contributed by atoms with Crippen molar-refractivity contribution in [2.24, 2.45) is 0 Å². The third kappa shape index (κ3) is 3.35. The number of rotatable bonds is 4. The van der Waals surface area contributed by atoms with Crippen molar-refractivity contribution in [3.05, 3.63) is 24.3 Å². The molecule has 0 atom stereocenters. The molecule has 4 nitrogen and oxygen atoms in total. The molecule has 0 unspecified atom stereocenters. The SMILES string of the molecule is CC(=O)OCCNc1ccccc1N. The van der Waals surface area contributed by atoms with Crippen LogP contribution in [0.5, 0.6) is 0 Å². The van der Waals surface area contributed by atoms with Gasteiger partial charge in [0, 0.05) is 13.5 Å². The quantitative estimate of drug-likeness (QED) is 0.430. The number of hydrogen-bond donors (Lipinski definition) is 2. The lowest BCUT2D eigenvalue weighted by Gasteiger charge is -2.08. The highest BCUT2D eigenvalue weighted by molar-refractivity contribution is 5.66. The van der Waals surface area contributed by atoms with E-state index in [-0.39, 0.29) is 5.97 Å². The van der Waals surface area contributed by atoms with Gasteiger partial charge in [-0.3, -0.25) is 4.79 Å². The lowest BCUT2D eigenvalue weighted by atomic mass is 10.3. The fraction of sp³-hybridized carbons (Fsp3) is 0.300. The Labute approximate surface area is 83.1 Å². The van der Waals surface area contributed by atoms with Crippen LogP contribution in [0.4, 0.5) is 11.4 Å². The van der Waals surface area contributed by atoms with Crippen molar-refractivity contribution in [3.63, 3.8) is 0 Å². The second-order valence-electron chi connectivity index (χ2n) is 2.85. The highest BCUT2D eigenvalue weighted by atomic mass is 16.5. The Balaban J connectivity index is 2.31. The number of anilines is 2. The lowest BCUT2D eigenvalue weighted by Crippen LogP contribution is -2.12. The average molecular weight is 194 g/mol. The van der Waals surface area contributed by atoms with Gasteiger partial charge in [-0.2, -0.15) is 0 Å². The van der Waals surface area contributed by atoms with Crippen LogP contribution in [0.2, 0.25) is 0 Å². The summed E-state index contributed by atoms with van der Waals surface area (Å²) in [5, 5.41) is 3.07. The van der Waals surface area contributed by atoms with Crippen LogP contribution >= 0.6 is 0 Å². The number of hydrogen-bond acceptors (Lipinski definition) is 4. The zero-order chi connectivity index (χ0) is 10.4. The Morgan fingerprint density at radius 1 is 1.50 bits per heavy atom. The minimum atomic E-state index is -0.271. The number of ether oxygens (including phenoxy) is 1.